The standard InChI is InChI=1S/C11H16F3NO/c12-11(13,14)8-2-1-5-15(7-8)9-3-4-10(16)6-9/h8-9H,1-7H2. The van der Waals surface area contributed by atoms with Crippen LogP contribution in [0.3, 0.4) is 0 Å². The minimum absolute atomic E-state index is 0.0673. The smallest absolute Gasteiger partial charge is 0.300 e. The second-order valence-electron chi connectivity index (χ2n) is 4.81. The zero-order chi connectivity index (χ0) is 11.8. The molecule has 0 N–H and O–H groups in total. The first-order valence-electron chi connectivity index (χ1n) is 5.79. The maximum Gasteiger partial charge on any atom is 0.393 e. The lowest BCUT2D eigenvalue weighted by Gasteiger charge is -2.37. The van der Waals surface area contributed by atoms with Gasteiger partial charge in [-0.25, -0.2) is 0 Å². The Labute approximate surface area is 92.8 Å². The van der Waals surface area contributed by atoms with E-state index in [4.69, 9.17) is 0 Å². The Morgan fingerprint density at radius 2 is 2.00 bits per heavy atom. The Morgan fingerprint density at radius 1 is 1.25 bits per heavy atom. The van der Waals surface area contributed by atoms with E-state index in [0.29, 0.717) is 25.8 Å². The van der Waals surface area contributed by atoms with Crippen LogP contribution in [-0.4, -0.2) is 36.0 Å². The number of alkyl halides is 3. The number of rotatable bonds is 1. The van der Waals surface area contributed by atoms with E-state index < -0.39 is 12.1 Å². The van der Waals surface area contributed by atoms with E-state index in [-0.39, 0.29) is 24.8 Å². The van der Waals surface area contributed by atoms with Crippen LogP contribution in [0.15, 0.2) is 0 Å². The number of ketones is 1. The fraction of sp³-hybridized carbons (Fsp3) is 0.909. The van der Waals surface area contributed by atoms with Crippen molar-refractivity contribution in [2.75, 3.05) is 13.1 Å². The lowest BCUT2D eigenvalue weighted by atomic mass is 9.96. The number of carbonyl (C=O) groups is 1. The average molecular weight is 235 g/mol. The molecular formula is C11H16F3NO. The van der Waals surface area contributed by atoms with Gasteiger partial charge in [-0.15, -0.1) is 0 Å². The van der Waals surface area contributed by atoms with Gasteiger partial charge in [-0.05, 0) is 25.8 Å². The first-order valence-corrected chi connectivity index (χ1v) is 5.79. The number of piperidine rings is 1. The van der Waals surface area contributed by atoms with E-state index in [1.165, 1.54) is 0 Å². The number of halogens is 3. The SMILES string of the molecule is O=C1CCC(N2CCCC(C(F)(F)F)C2)C1. The summed E-state index contributed by atoms with van der Waals surface area (Å²) in [5.74, 6) is -1.00. The van der Waals surface area contributed by atoms with Gasteiger partial charge in [-0.2, -0.15) is 13.2 Å². The fourth-order valence-corrected chi connectivity index (χ4v) is 2.71. The third kappa shape index (κ3) is 2.56. The Hall–Kier alpha value is -0.580. The van der Waals surface area contributed by atoms with Gasteiger partial charge >= 0.3 is 6.18 Å². The molecule has 2 unspecified atom stereocenters. The zero-order valence-electron chi connectivity index (χ0n) is 9.09. The van der Waals surface area contributed by atoms with Crippen LogP contribution in [0.2, 0.25) is 0 Å². The summed E-state index contributed by atoms with van der Waals surface area (Å²) >= 11 is 0. The van der Waals surface area contributed by atoms with Crippen LogP contribution in [0.5, 0.6) is 0 Å². The summed E-state index contributed by atoms with van der Waals surface area (Å²) in [7, 11) is 0. The number of Topliss-reactive ketones (excluding diaryl/α,β-unsaturated/α-hetero) is 1. The minimum atomic E-state index is -4.08. The van der Waals surface area contributed by atoms with Gasteiger partial charge in [0.15, 0.2) is 0 Å². The predicted molar refractivity (Wildman–Crippen MR) is 53.0 cm³/mol. The van der Waals surface area contributed by atoms with E-state index in [9.17, 15) is 18.0 Å². The summed E-state index contributed by atoms with van der Waals surface area (Å²) in [5.41, 5.74) is 0. The zero-order valence-corrected chi connectivity index (χ0v) is 9.09. The van der Waals surface area contributed by atoms with Crippen molar-refractivity contribution >= 4 is 5.78 Å². The fourth-order valence-electron chi connectivity index (χ4n) is 2.71. The highest BCUT2D eigenvalue weighted by molar-refractivity contribution is 5.81. The highest BCUT2D eigenvalue weighted by Gasteiger charge is 2.43. The topological polar surface area (TPSA) is 20.3 Å². The molecule has 1 heterocycles. The van der Waals surface area contributed by atoms with Crippen LogP contribution in [0, 0.1) is 5.92 Å². The highest BCUT2D eigenvalue weighted by Crippen LogP contribution is 2.35. The number of nitrogens with zero attached hydrogens (tertiary/aromatic N) is 1. The third-order valence-corrected chi connectivity index (χ3v) is 3.65. The molecule has 1 saturated carbocycles. The van der Waals surface area contributed by atoms with Gasteiger partial charge in [0.05, 0.1) is 5.92 Å². The molecule has 2 atom stereocenters. The largest absolute Gasteiger partial charge is 0.393 e. The van der Waals surface area contributed by atoms with Crippen molar-refractivity contribution in [2.45, 2.75) is 44.3 Å². The molecule has 2 fully saturated rings. The van der Waals surface area contributed by atoms with E-state index in [1.54, 1.807) is 0 Å². The summed E-state index contributed by atoms with van der Waals surface area (Å²) in [5, 5.41) is 0. The number of hydrogen-bond donors (Lipinski definition) is 0. The van der Waals surface area contributed by atoms with E-state index in [0.717, 1.165) is 6.42 Å². The first kappa shape index (κ1) is 11.9. The summed E-state index contributed by atoms with van der Waals surface area (Å²) in [6, 6.07) is 0.0673. The Balaban J connectivity index is 1.94. The van der Waals surface area contributed by atoms with Crippen molar-refractivity contribution < 1.29 is 18.0 Å². The number of carbonyl (C=O) groups excluding carboxylic acids is 1. The third-order valence-electron chi connectivity index (χ3n) is 3.65. The lowest BCUT2D eigenvalue weighted by molar-refractivity contribution is -0.188. The van der Waals surface area contributed by atoms with Crippen LogP contribution in [-0.2, 0) is 4.79 Å². The molecule has 2 nitrogen and oxygen atoms in total. The molecule has 0 bridgehead atoms. The lowest BCUT2D eigenvalue weighted by Crippen LogP contribution is -2.45. The summed E-state index contributed by atoms with van der Waals surface area (Å²) < 4.78 is 37.8. The molecule has 16 heavy (non-hydrogen) atoms. The van der Waals surface area contributed by atoms with Crippen molar-refractivity contribution in [3.05, 3.63) is 0 Å². The molecule has 0 spiro atoms. The van der Waals surface area contributed by atoms with E-state index >= 15 is 0 Å². The number of hydrogen-bond acceptors (Lipinski definition) is 2. The molecule has 0 amide bonds. The average Bonchev–Trinajstić information content (AvgIpc) is 2.64. The second-order valence-corrected chi connectivity index (χ2v) is 4.81. The van der Waals surface area contributed by atoms with Gasteiger partial charge in [-0.3, -0.25) is 9.69 Å². The molecule has 2 aliphatic rings. The maximum atomic E-state index is 12.6. The molecule has 92 valence electrons. The highest BCUT2D eigenvalue weighted by atomic mass is 19.4. The van der Waals surface area contributed by atoms with Gasteiger partial charge < -0.3 is 0 Å². The van der Waals surface area contributed by atoms with Crippen molar-refractivity contribution in [2.24, 2.45) is 5.92 Å². The normalized spacial score (nSPS) is 33.3. The van der Waals surface area contributed by atoms with Crippen LogP contribution in [0.1, 0.15) is 32.1 Å². The Bertz CT molecular complexity index is 277. The molecule has 1 saturated heterocycles. The monoisotopic (exact) mass is 235 g/mol. The van der Waals surface area contributed by atoms with Crippen molar-refractivity contribution in [1.82, 2.24) is 4.90 Å². The molecule has 2 rings (SSSR count). The molecule has 1 aliphatic heterocycles. The Kier molecular flexibility index (Phi) is 3.24. The second kappa shape index (κ2) is 4.35. The van der Waals surface area contributed by atoms with E-state index in [2.05, 4.69) is 0 Å². The van der Waals surface area contributed by atoms with Crippen molar-refractivity contribution in [3.63, 3.8) is 0 Å². The molecule has 0 aromatic rings. The predicted octanol–water partition coefficient (Wildman–Crippen LogP) is 2.38. The minimum Gasteiger partial charge on any atom is -0.300 e. The molecule has 0 aromatic heterocycles. The van der Waals surface area contributed by atoms with Gasteiger partial charge in [0.25, 0.3) is 0 Å². The Morgan fingerprint density at radius 3 is 2.56 bits per heavy atom. The van der Waals surface area contributed by atoms with Crippen molar-refractivity contribution in [3.8, 4) is 0 Å². The summed E-state index contributed by atoms with van der Waals surface area (Å²) in [6.45, 7) is 0.798. The van der Waals surface area contributed by atoms with Crippen LogP contribution in [0.4, 0.5) is 13.2 Å². The molecule has 0 radical (unpaired) electrons. The van der Waals surface area contributed by atoms with Gasteiger partial charge in [-0.1, -0.05) is 0 Å². The van der Waals surface area contributed by atoms with E-state index in [1.807, 2.05) is 4.90 Å². The van der Waals surface area contributed by atoms with Gasteiger partial charge in [0, 0.05) is 25.4 Å². The molecule has 0 aromatic carbocycles. The van der Waals surface area contributed by atoms with Crippen LogP contribution >= 0.6 is 0 Å². The molecule has 5 heteroatoms. The summed E-state index contributed by atoms with van der Waals surface area (Å²) in [6.07, 6.45) is -1.53. The van der Waals surface area contributed by atoms with Gasteiger partial charge in [0.1, 0.15) is 5.78 Å². The quantitative estimate of drug-likeness (QED) is 0.695. The molecular weight excluding hydrogens is 219 g/mol. The van der Waals surface area contributed by atoms with Crippen molar-refractivity contribution in [1.29, 1.82) is 0 Å². The van der Waals surface area contributed by atoms with Crippen LogP contribution < -0.4 is 0 Å². The molecule has 1 aliphatic carbocycles. The summed E-state index contributed by atoms with van der Waals surface area (Å²) in [4.78, 5) is 13.0. The first-order chi connectivity index (χ1) is 7.47. The van der Waals surface area contributed by atoms with Gasteiger partial charge in [0.2, 0.25) is 0 Å². The maximum absolute atomic E-state index is 12.6. The number of likely N-dealkylation sites (tertiary alicyclic amines) is 1. The van der Waals surface area contributed by atoms with Crippen LogP contribution in [0.25, 0.3) is 0 Å².